The van der Waals surface area contributed by atoms with E-state index in [4.69, 9.17) is 0 Å². The summed E-state index contributed by atoms with van der Waals surface area (Å²) in [6, 6.07) is 4.67. The normalized spacial score (nSPS) is 9.69. The number of halogens is 1. The number of nitrogens with one attached hydrogen (secondary N) is 1. The van der Waals surface area contributed by atoms with Crippen molar-refractivity contribution in [3.8, 4) is 0 Å². The molecule has 0 aliphatic carbocycles. The zero-order chi connectivity index (χ0) is 12.1. The predicted octanol–water partition coefficient (Wildman–Crippen LogP) is 3.74. The Kier molecular flexibility index (Phi) is 4.49. The minimum atomic E-state index is -0.412. The van der Waals surface area contributed by atoms with Crippen molar-refractivity contribution in [1.29, 1.82) is 0 Å². The summed E-state index contributed by atoms with van der Waals surface area (Å²) in [5.41, 5.74) is 2.16. The maximum absolute atomic E-state index is 10.5. The van der Waals surface area contributed by atoms with Crippen molar-refractivity contribution in [2.45, 2.75) is 13.8 Å². The van der Waals surface area contributed by atoms with Crippen LogP contribution in [0, 0.1) is 10.1 Å². The first kappa shape index (κ1) is 12.7. The molecule has 5 heteroatoms. The number of allylic oxidation sites excluding steroid dienone is 1. The molecule has 0 bridgehead atoms. The highest BCUT2D eigenvalue weighted by molar-refractivity contribution is 9.10. The van der Waals surface area contributed by atoms with Crippen molar-refractivity contribution < 1.29 is 4.92 Å². The molecule has 4 nitrogen and oxygen atoms in total. The minimum Gasteiger partial charge on any atom is -0.381 e. The van der Waals surface area contributed by atoms with Crippen molar-refractivity contribution >= 4 is 27.3 Å². The summed E-state index contributed by atoms with van der Waals surface area (Å²) in [7, 11) is 0. The molecule has 1 aromatic rings. The summed E-state index contributed by atoms with van der Waals surface area (Å²) in [5.74, 6) is 0. The first-order valence-corrected chi connectivity index (χ1v) is 5.61. The third-order valence-corrected chi connectivity index (χ3v) is 2.62. The first-order valence-electron chi connectivity index (χ1n) is 4.82. The fraction of sp³-hybridized carbons (Fsp3) is 0.273. The molecular weight excluding hydrogens is 272 g/mol. The zero-order valence-electron chi connectivity index (χ0n) is 9.16. The van der Waals surface area contributed by atoms with Gasteiger partial charge in [0.25, 0.3) is 5.69 Å². The Morgan fingerprint density at radius 3 is 2.75 bits per heavy atom. The highest BCUT2D eigenvalue weighted by Crippen LogP contribution is 2.26. The van der Waals surface area contributed by atoms with Crippen LogP contribution < -0.4 is 5.32 Å². The van der Waals surface area contributed by atoms with Crippen LogP contribution in [0.2, 0.25) is 0 Å². The second-order valence-electron chi connectivity index (χ2n) is 3.58. The molecule has 0 heterocycles. The smallest absolute Gasteiger partial charge is 0.270 e. The molecule has 0 unspecified atom stereocenters. The molecule has 1 N–H and O–H groups in total. The lowest BCUT2D eigenvalue weighted by Gasteiger charge is -2.06. The van der Waals surface area contributed by atoms with Crippen LogP contribution >= 0.6 is 15.9 Å². The number of anilines is 1. The van der Waals surface area contributed by atoms with Gasteiger partial charge in [0, 0.05) is 28.8 Å². The highest BCUT2D eigenvalue weighted by atomic mass is 79.9. The third-order valence-electron chi connectivity index (χ3n) is 1.97. The fourth-order valence-corrected chi connectivity index (χ4v) is 1.63. The Labute approximate surface area is 103 Å². The third kappa shape index (κ3) is 3.66. The van der Waals surface area contributed by atoms with Crippen molar-refractivity contribution in [2.75, 3.05) is 11.9 Å². The van der Waals surface area contributed by atoms with Crippen LogP contribution in [0.3, 0.4) is 0 Å². The van der Waals surface area contributed by atoms with Gasteiger partial charge in [-0.05, 0) is 35.8 Å². The number of nitro benzene ring substituents is 1. The van der Waals surface area contributed by atoms with E-state index in [9.17, 15) is 10.1 Å². The van der Waals surface area contributed by atoms with Crippen molar-refractivity contribution in [3.63, 3.8) is 0 Å². The Bertz CT molecular complexity index is 426. The van der Waals surface area contributed by atoms with Gasteiger partial charge in [0.05, 0.1) is 4.92 Å². The minimum absolute atomic E-state index is 0.0830. The van der Waals surface area contributed by atoms with E-state index in [-0.39, 0.29) is 5.69 Å². The van der Waals surface area contributed by atoms with E-state index in [2.05, 4.69) is 21.2 Å². The number of non-ortho nitro benzene ring substituents is 1. The summed E-state index contributed by atoms with van der Waals surface area (Å²) in [6.07, 6.45) is 2.05. The van der Waals surface area contributed by atoms with Gasteiger partial charge in [-0.1, -0.05) is 11.6 Å². The summed E-state index contributed by atoms with van der Waals surface area (Å²) >= 11 is 3.30. The molecule has 0 amide bonds. The van der Waals surface area contributed by atoms with Crippen molar-refractivity contribution in [1.82, 2.24) is 0 Å². The summed E-state index contributed by atoms with van der Waals surface area (Å²) in [5, 5.41) is 13.7. The molecule has 0 spiro atoms. The monoisotopic (exact) mass is 284 g/mol. The van der Waals surface area contributed by atoms with E-state index in [0.717, 1.165) is 5.69 Å². The molecule has 0 aliphatic rings. The van der Waals surface area contributed by atoms with E-state index >= 15 is 0 Å². The molecule has 0 aromatic heterocycles. The van der Waals surface area contributed by atoms with Gasteiger partial charge in [0.1, 0.15) is 0 Å². The van der Waals surface area contributed by atoms with Gasteiger partial charge in [-0.3, -0.25) is 10.1 Å². The molecule has 16 heavy (non-hydrogen) atoms. The summed E-state index contributed by atoms with van der Waals surface area (Å²) < 4.78 is 0.698. The molecule has 0 aliphatic heterocycles. The lowest BCUT2D eigenvalue weighted by atomic mass is 10.2. The van der Waals surface area contributed by atoms with Crippen molar-refractivity contribution in [2.24, 2.45) is 0 Å². The van der Waals surface area contributed by atoms with E-state index < -0.39 is 4.92 Å². The lowest BCUT2D eigenvalue weighted by molar-refractivity contribution is -0.384. The van der Waals surface area contributed by atoms with Crippen LogP contribution in [0.5, 0.6) is 0 Å². The summed E-state index contributed by atoms with van der Waals surface area (Å²) in [4.78, 5) is 10.1. The number of nitro groups is 1. The van der Waals surface area contributed by atoms with Crippen LogP contribution in [0.15, 0.2) is 34.3 Å². The van der Waals surface area contributed by atoms with Crippen LogP contribution in [-0.4, -0.2) is 11.5 Å². The molecule has 0 fully saturated rings. The van der Waals surface area contributed by atoms with Gasteiger partial charge in [-0.15, -0.1) is 0 Å². The predicted molar refractivity (Wildman–Crippen MR) is 68.7 cm³/mol. The summed E-state index contributed by atoms with van der Waals surface area (Å²) in [6.45, 7) is 4.75. The Balaban J connectivity index is 2.75. The largest absolute Gasteiger partial charge is 0.381 e. The fourth-order valence-electron chi connectivity index (χ4n) is 1.13. The Morgan fingerprint density at radius 2 is 2.25 bits per heavy atom. The molecule has 0 saturated carbocycles. The SMILES string of the molecule is CC(C)=CCNc1ccc([N+](=O)[O-])cc1Br. The number of hydrogen-bond donors (Lipinski definition) is 1. The van der Waals surface area contributed by atoms with E-state index in [1.54, 1.807) is 6.07 Å². The maximum atomic E-state index is 10.5. The van der Waals surface area contributed by atoms with Gasteiger partial charge in [-0.2, -0.15) is 0 Å². The average Bonchev–Trinajstić information content (AvgIpc) is 2.19. The van der Waals surface area contributed by atoms with Crippen molar-refractivity contribution in [3.05, 3.63) is 44.4 Å². The number of benzene rings is 1. The van der Waals surface area contributed by atoms with Crippen LogP contribution in [0.25, 0.3) is 0 Å². The molecule has 0 radical (unpaired) electrons. The quantitative estimate of drug-likeness (QED) is 0.521. The van der Waals surface area contributed by atoms with E-state index in [0.29, 0.717) is 11.0 Å². The average molecular weight is 285 g/mol. The van der Waals surface area contributed by atoms with Gasteiger partial charge >= 0.3 is 0 Å². The second kappa shape index (κ2) is 5.65. The molecular formula is C11H13BrN2O2. The van der Waals surface area contributed by atoms with Crippen LogP contribution in [0.1, 0.15) is 13.8 Å². The number of rotatable bonds is 4. The first-order chi connectivity index (χ1) is 7.50. The lowest BCUT2D eigenvalue weighted by Crippen LogP contribution is -2.00. The zero-order valence-corrected chi connectivity index (χ0v) is 10.7. The van der Waals surface area contributed by atoms with Gasteiger partial charge < -0.3 is 5.32 Å². The topological polar surface area (TPSA) is 55.2 Å². The Hall–Kier alpha value is -1.36. The molecule has 1 aromatic carbocycles. The Morgan fingerprint density at radius 1 is 1.56 bits per heavy atom. The highest BCUT2D eigenvalue weighted by Gasteiger charge is 2.07. The van der Waals surface area contributed by atoms with Gasteiger partial charge in [0.2, 0.25) is 0 Å². The second-order valence-corrected chi connectivity index (χ2v) is 4.44. The van der Waals surface area contributed by atoms with Crippen LogP contribution in [0.4, 0.5) is 11.4 Å². The van der Waals surface area contributed by atoms with Gasteiger partial charge in [-0.25, -0.2) is 0 Å². The van der Waals surface area contributed by atoms with E-state index in [1.807, 2.05) is 19.9 Å². The molecule has 0 saturated heterocycles. The molecule has 1 rings (SSSR count). The number of nitrogens with zero attached hydrogens (tertiary/aromatic N) is 1. The molecule has 86 valence electrons. The maximum Gasteiger partial charge on any atom is 0.270 e. The standard InChI is InChI=1S/C11H13BrN2O2/c1-8(2)5-6-13-11-4-3-9(14(15)16)7-10(11)12/h3-5,7,13H,6H2,1-2H3. The number of hydrogen-bond acceptors (Lipinski definition) is 3. The van der Waals surface area contributed by atoms with Crippen LogP contribution in [-0.2, 0) is 0 Å². The molecule has 0 atom stereocenters. The van der Waals surface area contributed by atoms with Gasteiger partial charge in [0.15, 0.2) is 0 Å². The van der Waals surface area contributed by atoms with E-state index in [1.165, 1.54) is 17.7 Å².